The fourth-order valence-corrected chi connectivity index (χ4v) is 5.65. The number of urea groups is 1. The minimum Gasteiger partial charge on any atom is -0.490 e. The van der Waals surface area contributed by atoms with Crippen molar-refractivity contribution >= 4 is 28.5 Å². The number of para-hydroxylation sites is 1. The molecule has 0 aliphatic carbocycles. The molecule has 1 saturated heterocycles. The maximum absolute atomic E-state index is 13.9. The number of fused-ring (bicyclic) bond motifs is 1. The predicted octanol–water partition coefficient (Wildman–Crippen LogP) is 6.04. The normalized spacial score (nSPS) is 15.3. The number of carbonyl (C=O) groups excluding carboxylic acids is 2. The third-order valence-electron chi connectivity index (χ3n) is 8.12. The van der Waals surface area contributed by atoms with Gasteiger partial charge < -0.3 is 30.2 Å². The highest BCUT2D eigenvalue weighted by Crippen LogP contribution is 2.29. The molecule has 3 aromatic carbocycles. The largest absolute Gasteiger partial charge is 0.490 e. The van der Waals surface area contributed by atoms with Gasteiger partial charge >= 0.3 is 6.03 Å². The third kappa shape index (κ3) is 7.35. The molecule has 1 fully saturated rings. The van der Waals surface area contributed by atoms with Gasteiger partial charge in [-0.15, -0.1) is 0 Å². The van der Waals surface area contributed by atoms with Gasteiger partial charge in [0.05, 0.1) is 0 Å². The van der Waals surface area contributed by atoms with Crippen molar-refractivity contribution < 1.29 is 18.7 Å². The third-order valence-corrected chi connectivity index (χ3v) is 8.12. The molecule has 0 radical (unpaired) electrons. The number of rotatable bonds is 9. The summed E-state index contributed by atoms with van der Waals surface area (Å²) in [5, 5.41) is 7.15. The molecule has 9 heteroatoms. The molecule has 3 amide bonds. The molecule has 0 saturated carbocycles. The fraction of sp³-hybridized carbons (Fsp3) is 0.353. The molecule has 0 spiro atoms. The topological polar surface area (TPSA) is 89.7 Å². The van der Waals surface area contributed by atoms with Crippen LogP contribution in [0.5, 0.6) is 5.75 Å². The molecule has 3 N–H and O–H groups in total. The minimum atomic E-state index is -0.821. The second-order valence-electron chi connectivity index (χ2n) is 11.6. The standard InChI is InChI=1S/C34H40FN5O3/c1-22-9-12-26(19-24(22)21-39(3)4)37-33(41)32(23(2)30-20-36-31-8-6-5-7-29(30)31)38-34(42)40-17-15-28(16-18-40)43-27-13-10-25(35)11-14-27/h5-14,19-20,23,28,32,36H,15-18,21H2,1-4H3,(H,37,41)(H,38,42). The van der Waals surface area contributed by atoms with Crippen molar-refractivity contribution in [2.75, 3.05) is 32.5 Å². The highest BCUT2D eigenvalue weighted by atomic mass is 19.1. The summed E-state index contributed by atoms with van der Waals surface area (Å²) in [6, 6.07) is 18.7. The Labute approximate surface area is 252 Å². The molecule has 43 heavy (non-hydrogen) atoms. The van der Waals surface area contributed by atoms with Crippen molar-refractivity contribution in [3.63, 3.8) is 0 Å². The Morgan fingerprint density at radius 3 is 2.51 bits per heavy atom. The number of anilines is 1. The summed E-state index contributed by atoms with van der Waals surface area (Å²) in [5.74, 6) is -0.291. The predicted molar refractivity (Wildman–Crippen MR) is 168 cm³/mol. The summed E-state index contributed by atoms with van der Waals surface area (Å²) in [5.41, 5.74) is 4.90. The number of aryl methyl sites for hydroxylation is 1. The van der Waals surface area contributed by atoms with Crippen LogP contribution < -0.4 is 15.4 Å². The maximum atomic E-state index is 13.9. The molecular weight excluding hydrogens is 545 g/mol. The molecule has 1 aromatic heterocycles. The first kappa shape index (κ1) is 30.1. The van der Waals surface area contributed by atoms with Gasteiger partial charge in [0.2, 0.25) is 5.91 Å². The number of aromatic nitrogens is 1. The van der Waals surface area contributed by atoms with Gasteiger partial charge in [-0.2, -0.15) is 0 Å². The van der Waals surface area contributed by atoms with Crippen LogP contribution in [0.4, 0.5) is 14.9 Å². The molecule has 2 unspecified atom stereocenters. The number of nitrogens with zero attached hydrogens (tertiary/aromatic N) is 2. The molecule has 2 atom stereocenters. The fourth-order valence-electron chi connectivity index (χ4n) is 5.65. The number of H-pyrrole nitrogens is 1. The minimum absolute atomic E-state index is 0.0725. The van der Waals surface area contributed by atoms with E-state index in [0.717, 1.165) is 34.1 Å². The molecule has 4 aromatic rings. The second-order valence-corrected chi connectivity index (χ2v) is 11.6. The molecule has 8 nitrogen and oxygen atoms in total. The SMILES string of the molecule is Cc1ccc(NC(=O)C(NC(=O)N2CCC(Oc3ccc(F)cc3)CC2)C(C)c2c[nH]c3ccccc23)cc1CN(C)C. The summed E-state index contributed by atoms with van der Waals surface area (Å²) in [4.78, 5) is 34.6. The van der Waals surface area contributed by atoms with E-state index in [2.05, 4.69) is 27.4 Å². The average Bonchev–Trinajstić information content (AvgIpc) is 3.43. The van der Waals surface area contributed by atoms with Gasteiger partial charge in [0.1, 0.15) is 23.7 Å². The van der Waals surface area contributed by atoms with Gasteiger partial charge in [-0.1, -0.05) is 31.2 Å². The van der Waals surface area contributed by atoms with Gasteiger partial charge in [-0.25, -0.2) is 9.18 Å². The van der Waals surface area contributed by atoms with Crippen molar-refractivity contribution in [2.24, 2.45) is 0 Å². The molecule has 1 aliphatic rings. The van der Waals surface area contributed by atoms with Crippen LogP contribution in [-0.2, 0) is 11.3 Å². The van der Waals surface area contributed by atoms with Gasteiger partial charge in [0.25, 0.3) is 0 Å². The van der Waals surface area contributed by atoms with E-state index >= 15 is 0 Å². The van der Waals surface area contributed by atoms with Crippen LogP contribution in [0.1, 0.15) is 42.4 Å². The van der Waals surface area contributed by atoms with Gasteiger partial charge in [-0.05, 0) is 80.2 Å². The van der Waals surface area contributed by atoms with E-state index in [0.29, 0.717) is 37.4 Å². The lowest BCUT2D eigenvalue weighted by molar-refractivity contribution is -0.118. The molecule has 0 bridgehead atoms. The smallest absolute Gasteiger partial charge is 0.318 e. The molecule has 2 heterocycles. The van der Waals surface area contributed by atoms with E-state index in [1.54, 1.807) is 17.0 Å². The lowest BCUT2D eigenvalue weighted by atomic mass is 9.92. The van der Waals surface area contributed by atoms with Crippen LogP contribution in [0.2, 0.25) is 0 Å². The van der Waals surface area contributed by atoms with E-state index in [-0.39, 0.29) is 29.8 Å². The number of ether oxygens (including phenoxy) is 1. The zero-order chi connectivity index (χ0) is 30.5. The lowest BCUT2D eigenvalue weighted by Crippen LogP contribution is -2.53. The highest BCUT2D eigenvalue weighted by molar-refractivity contribution is 5.98. The Hall–Kier alpha value is -4.37. The number of likely N-dealkylation sites (tertiary alicyclic amines) is 1. The lowest BCUT2D eigenvalue weighted by Gasteiger charge is -2.34. The van der Waals surface area contributed by atoms with Crippen molar-refractivity contribution in [1.82, 2.24) is 20.1 Å². The Balaban J connectivity index is 1.31. The number of hydrogen-bond donors (Lipinski definition) is 3. The summed E-state index contributed by atoms with van der Waals surface area (Å²) in [6.45, 7) is 5.75. The molecule has 5 rings (SSSR count). The molecular formula is C34H40FN5O3. The Morgan fingerprint density at radius 1 is 1.07 bits per heavy atom. The van der Waals surface area contributed by atoms with E-state index in [4.69, 9.17) is 4.74 Å². The van der Waals surface area contributed by atoms with E-state index in [1.807, 2.05) is 69.7 Å². The Kier molecular flexibility index (Phi) is 9.31. The number of piperidine rings is 1. The zero-order valence-corrected chi connectivity index (χ0v) is 25.2. The van der Waals surface area contributed by atoms with Gasteiger partial charge in [0.15, 0.2) is 0 Å². The highest BCUT2D eigenvalue weighted by Gasteiger charge is 2.32. The second kappa shape index (κ2) is 13.3. The quantitative estimate of drug-likeness (QED) is 0.223. The van der Waals surface area contributed by atoms with Crippen LogP contribution >= 0.6 is 0 Å². The van der Waals surface area contributed by atoms with Crippen LogP contribution in [0.3, 0.4) is 0 Å². The Bertz CT molecular complexity index is 1560. The Morgan fingerprint density at radius 2 is 1.79 bits per heavy atom. The first-order chi connectivity index (χ1) is 20.7. The average molecular weight is 586 g/mol. The van der Waals surface area contributed by atoms with Crippen LogP contribution in [0.25, 0.3) is 10.9 Å². The van der Waals surface area contributed by atoms with E-state index in [9.17, 15) is 14.0 Å². The number of carbonyl (C=O) groups is 2. The molecule has 226 valence electrons. The monoisotopic (exact) mass is 585 g/mol. The maximum Gasteiger partial charge on any atom is 0.318 e. The number of nitrogens with one attached hydrogen (secondary N) is 3. The number of benzene rings is 3. The van der Waals surface area contributed by atoms with Crippen LogP contribution in [0.15, 0.2) is 72.9 Å². The van der Waals surface area contributed by atoms with Crippen LogP contribution in [-0.4, -0.2) is 66.1 Å². The summed E-state index contributed by atoms with van der Waals surface area (Å²) in [7, 11) is 4.02. The summed E-state index contributed by atoms with van der Waals surface area (Å²) in [6.07, 6.45) is 3.12. The van der Waals surface area contributed by atoms with Crippen LogP contribution in [0, 0.1) is 12.7 Å². The van der Waals surface area contributed by atoms with E-state index in [1.165, 1.54) is 12.1 Å². The van der Waals surface area contributed by atoms with Crippen molar-refractivity contribution in [2.45, 2.75) is 51.3 Å². The van der Waals surface area contributed by atoms with Gasteiger partial charge in [-0.3, -0.25) is 4.79 Å². The van der Waals surface area contributed by atoms with Gasteiger partial charge in [0, 0.05) is 61.2 Å². The van der Waals surface area contributed by atoms with Crippen molar-refractivity contribution in [3.05, 3.63) is 95.4 Å². The number of halogens is 1. The summed E-state index contributed by atoms with van der Waals surface area (Å²) < 4.78 is 19.3. The van der Waals surface area contributed by atoms with Crippen molar-refractivity contribution in [1.29, 1.82) is 0 Å². The zero-order valence-electron chi connectivity index (χ0n) is 25.2. The summed E-state index contributed by atoms with van der Waals surface area (Å²) >= 11 is 0. The first-order valence-electron chi connectivity index (χ1n) is 14.8. The van der Waals surface area contributed by atoms with Crippen molar-refractivity contribution in [3.8, 4) is 5.75 Å². The number of amides is 3. The number of aromatic amines is 1. The first-order valence-corrected chi connectivity index (χ1v) is 14.8. The van der Waals surface area contributed by atoms with E-state index < -0.39 is 6.04 Å². The molecule has 1 aliphatic heterocycles. The number of hydrogen-bond acceptors (Lipinski definition) is 4.